The molecule has 0 amide bonds. The van der Waals surface area contributed by atoms with Crippen LogP contribution in [0, 0.1) is 0 Å². The van der Waals surface area contributed by atoms with Crippen molar-refractivity contribution in [3.8, 4) is 0 Å². The Morgan fingerprint density at radius 1 is 0.812 bits per heavy atom. The van der Waals surface area contributed by atoms with E-state index in [1.165, 1.54) is 10.6 Å². The molecule has 1 unspecified atom stereocenters. The predicted molar refractivity (Wildman–Crippen MR) is 70.8 cm³/mol. The Balaban J connectivity index is 2.40. The number of hydrogen-bond acceptors (Lipinski definition) is 1. The van der Waals surface area contributed by atoms with Crippen LogP contribution in [0.5, 0.6) is 0 Å². The van der Waals surface area contributed by atoms with Crippen molar-refractivity contribution in [2.45, 2.75) is 12.8 Å². The van der Waals surface area contributed by atoms with E-state index in [1.807, 2.05) is 43.3 Å². The molecule has 0 aliphatic carbocycles. The van der Waals surface area contributed by atoms with Gasteiger partial charge in [0.2, 0.25) is 0 Å². The van der Waals surface area contributed by atoms with Crippen molar-refractivity contribution >= 4 is 18.5 Å². The van der Waals surface area contributed by atoms with E-state index in [9.17, 15) is 5.11 Å². The maximum absolute atomic E-state index is 9.95. The SMILES string of the molecule is CC(O)P(c1ccccc1)c1ccccc1. The van der Waals surface area contributed by atoms with E-state index in [1.54, 1.807) is 0 Å². The van der Waals surface area contributed by atoms with E-state index in [0.29, 0.717) is 0 Å². The van der Waals surface area contributed by atoms with Crippen molar-refractivity contribution in [2.75, 3.05) is 0 Å². The lowest BCUT2D eigenvalue weighted by molar-refractivity contribution is 0.280. The van der Waals surface area contributed by atoms with Gasteiger partial charge in [-0.25, -0.2) is 0 Å². The summed E-state index contributed by atoms with van der Waals surface area (Å²) in [5.41, 5.74) is 0. The minimum atomic E-state index is -0.654. The molecule has 0 fully saturated rings. The first-order valence-corrected chi connectivity index (χ1v) is 6.77. The molecule has 2 heteroatoms. The molecule has 1 nitrogen and oxygen atoms in total. The van der Waals surface area contributed by atoms with Crippen LogP contribution in [0.25, 0.3) is 0 Å². The van der Waals surface area contributed by atoms with Crippen LogP contribution in [0.2, 0.25) is 0 Å². The minimum absolute atomic E-state index is 0.320. The quantitative estimate of drug-likeness (QED) is 0.803. The van der Waals surface area contributed by atoms with Crippen molar-refractivity contribution in [1.82, 2.24) is 0 Å². The fraction of sp³-hybridized carbons (Fsp3) is 0.143. The number of rotatable bonds is 3. The fourth-order valence-electron chi connectivity index (χ4n) is 1.76. The molecule has 0 heterocycles. The van der Waals surface area contributed by atoms with E-state index < -0.39 is 7.92 Å². The van der Waals surface area contributed by atoms with Crippen LogP contribution in [0.3, 0.4) is 0 Å². The summed E-state index contributed by atoms with van der Waals surface area (Å²) in [7, 11) is -0.654. The van der Waals surface area contributed by atoms with E-state index in [4.69, 9.17) is 0 Å². The third-order valence-electron chi connectivity index (χ3n) is 2.44. The summed E-state index contributed by atoms with van der Waals surface area (Å²) in [5, 5.41) is 12.4. The normalized spacial score (nSPS) is 12.7. The zero-order chi connectivity index (χ0) is 11.4. The first-order valence-electron chi connectivity index (χ1n) is 5.36. The molecule has 0 saturated carbocycles. The molecule has 82 valence electrons. The van der Waals surface area contributed by atoms with Crippen LogP contribution in [-0.2, 0) is 0 Å². The Bertz CT molecular complexity index is 386. The highest BCUT2D eigenvalue weighted by atomic mass is 31.1. The van der Waals surface area contributed by atoms with E-state index in [0.717, 1.165) is 0 Å². The molecule has 0 saturated heterocycles. The smallest absolute Gasteiger partial charge is 0.0785 e. The molecule has 2 rings (SSSR count). The lowest BCUT2D eigenvalue weighted by Gasteiger charge is -2.21. The van der Waals surface area contributed by atoms with Crippen molar-refractivity contribution in [1.29, 1.82) is 0 Å². The maximum atomic E-state index is 9.95. The highest BCUT2D eigenvalue weighted by Crippen LogP contribution is 2.37. The molecule has 2 aromatic rings. The van der Waals surface area contributed by atoms with E-state index in [2.05, 4.69) is 24.3 Å². The Labute approximate surface area is 97.5 Å². The molecule has 1 N–H and O–H groups in total. The molecular formula is C14H15OP. The van der Waals surface area contributed by atoms with Crippen molar-refractivity contribution in [3.05, 3.63) is 60.7 Å². The molecule has 0 radical (unpaired) electrons. The van der Waals surface area contributed by atoms with Gasteiger partial charge < -0.3 is 5.11 Å². The Morgan fingerprint density at radius 3 is 1.50 bits per heavy atom. The molecule has 16 heavy (non-hydrogen) atoms. The van der Waals surface area contributed by atoms with Crippen LogP contribution >= 0.6 is 7.92 Å². The standard InChI is InChI=1S/C14H15OP/c1-12(15)16(13-8-4-2-5-9-13)14-10-6-3-7-11-14/h2-12,15H,1H3. The van der Waals surface area contributed by atoms with Crippen LogP contribution in [0.4, 0.5) is 0 Å². The summed E-state index contributed by atoms with van der Waals surface area (Å²) >= 11 is 0. The summed E-state index contributed by atoms with van der Waals surface area (Å²) < 4.78 is 0. The largest absolute Gasteiger partial charge is 0.388 e. The van der Waals surface area contributed by atoms with Crippen LogP contribution in [0.1, 0.15) is 6.92 Å². The predicted octanol–water partition coefficient (Wildman–Crippen LogP) is 2.46. The van der Waals surface area contributed by atoms with E-state index >= 15 is 0 Å². The second-order valence-electron chi connectivity index (χ2n) is 3.67. The van der Waals surface area contributed by atoms with Gasteiger partial charge in [0, 0.05) is 0 Å². The Kier molecular flexibility index (Phi) is 3.71. The van der Waals surface area contributed by atoms with Crippen molar-refractivity contribution in [2.24, 2.45) is 0 Å². The van der Waals surface area contributed by atoms with Gasteiger partial charge in [-0.3, -0.25) is 0 Å². The van der Waals surface area contributed by atoms with Gasteiger partial charge in [-0.2, -0.15) is 0 Å². The maximum Gasteiger partial charge on any atom is 0.0785 e. The van der Waals surface area contributed by atoms with Crippen LogP contribution in [-0.4, -0.2) is 11.0 Å². The zero-order valence-electron chi connectivity index (χ0n) is 9.25. The third kappa shape index (κ3) is 2.49. The van der Waals surface area contributed by atoms with E-state index in [-0.39, 0.29) is 5.85 Å². The lowest BCUT2D eigenvalue weighted by Crippen LogP contribution is -2.19. The summed E-state index contributed by atoms with van der Waals surface area (Å²) in [4.78, 5) is 0. The Morgan fingerprint density at radius 2 is 1.19 bits per heavy atom. The Hall–Kier alpha value is -1.17. The summed E-state index contributed by atoms with van der Waals surface area (Å²) in [6.45, 7) is 1.87. The molecular weight excluding hydrogens is 215 g/mol. The second-order valence-corrected chi connectivity index (χ2v) is 6.19. The summed E-state index contributed by atoms with van der Waals surface area (Å²) in [5.74, 6) is -0.320. The van der Waals surface area contributed by atoms with Gasteiger partial charge in [0.1, 0.15) is 0 Å². The summed E-state index contributed by atoms with van der Waals surface area (Å²) in [6.07, 6.45) is 0. The number of aliphatic hydroxyl groups is 1. The van der Waals surface area contributed by atoms with Gasteiger partial charge in [0.05, 0.1) is 5.85 Å². The molecule has 0 aliphatic rings. The number of aliphatic hydroxyl groups excluding tert-OH is 1. The molecule has 0 aliphatic heterocycles. The van der Waals surface area contributed by atoms with Crippen molar-refractivity contribution < 1.29 is 5.11 Å². The van der Waals surface area contributed by atoms with Gasteiger partial charge in [-0.15, -0.1) is 0 Å². The van der Waals surface area contributed by atoms with Crippen LogP contribution < -0.4 is 10.6 Å². The highest BCUT2D eigenvalue weighted by Gasteiger charge is 2.18. The molecule has 2 aromatic carbocycles. The van der Waals surface area contributed by atoms with Gasteiger partial charge in [-0.05, 0) is 25.5 Å². The number of hydrogen-bond donors (Lipinski definition) is 1. The number of benzene rings is 2. The molecule has 0 spiro atoms. The lowest BCUT2D eigenvalue weighted by atomic mass is 10.4. The van der Waals surface area contributed by atoms with Gasteiger partial charge in [0.15, 0.2) is 0 Å². The minimum Gasteiger partial charge on any atom is -0.388 e. The van der Waals surface area contributed by atoms with Gasteiger partial charge in [0.25, 0.3) is 0 Å². The third-order valence-corrected chi connectivity index (χ3v) is 4.90. The topological polar surface area (TPSA) is 20.2 Å². The molecule has 0 aromatic heterocycles. The first kappa shape index (κ1) is 11.3. The zero-order valence-corrected chi connectivity index (χ0v) is 10.1. The monoisotopic (exact) mass is 230 g/mol. The van der Waals surface area contributed by atoms with Gasteiger partial charge in [-0.1, -0.05) is 60.7 Å². The van der Waals surface area contributed by atoms with Crippen molar-refractivity contribution in [3.63, 3.8) is 0 Å². The highest BCUT2D eigenvalue weighted by molar-refractivity contribution is 7.73. The second kappa shape index (κ2) is 5.25. The molecule has 0 bridgehead atoms. The average Bonchev–Trinajstić information content (AvgIpc) is 2.31. The fourth-order valence-corrected chi connectivity index (χ4v) is 3.91. The first-order chi connectivity index (χ1) is 7.79. The molecule has 1 atom stereocenters. The van der Waals surface area contributed by atoms with Gasteiger partial charge >= 0.3 is 0 Å². The van der Waals surface area contributed by atoms with Crippen LogP contribution in [0.15, 0.2) is 60.7 Å². The summed E-state index contributed by atoms with van der Waals surface area (Å²) in [6, 6.07) is 20.5. The average molecular weight is 230 g/mol.